The maximum absolute atomic E-state index is 13.6. The Morgan fingerprint density at radius 2 is 1.81 bits per heavy atom. The molecule has 94 valence electrons. The van der Waals surface area contributed by atoms with E-state index in [4.69, 9.17) is 0 Å². The number of carbonyl (C=O) groups excluding carboxylic acids is 1. The van der Waals surface area contributed by atoms with Crippen molar-refractivity contribution in [1.29, 1.82) is 0 Å². The highest BCUT2D eigenvalue weighted by atomic mass is 31.3. The Kier molecular flexibility index (Phi) is 4.17. The molecule has 2 atom stereocenters. The molecule has 1 heterocycles. The fourth-order valence-electron chi connectivity index (χ4n) is 0.904. The fourth-order valence-corrected chi connectivity index (χ4v) is 7.55. The van der Waals surface area contributed by atoms with Crippen molar-refractivity contribution in [3.63, 3.8) is 0 Å². The van der Waals surface area contributed by atoms with Crippen molar-refractivity contribution >= 4 is 29.4 Å². The van der Waals surface area contributed by atoms with E-state index in [0.717, 1.165) is 0 Å². The monoisotopic (exact) mass is 299 g/mol. The molecule has 0 aromatic carbocycles. The second-order valence-corrected chi connectivity index (χ2v) is 8.52. The van der Waals surface area contributed by atoms with Gasteiger partial charge in [0, 0.05) is 0 Å². The van der Waals surface area contributed by atoms with E-state index in [1.54, 1.807) is 0 Å². The van der Waals surface area contributed by atoms with Crippen LogP contribution in [-0.4, -0.2) is 19.1 Å². The number of rotatable bonds is 4. The third kappa shape index (κ3) is 3.52. The van der Waals surface area contributed by atoms with Crippen LogP contribution in [0.2, 0.25) is 0 Å². The molecule has 1 aliphatic rings. The summed E-state index contributed by atoms with van der Waals surface area (Å²) in [4.78, 5) is 10.1. The highest BCUT2D eigenvalue weighted by Crippen LogP contribution is 2.81. The quantitative estimate of drug-likeness (QED) is 0.415. The molecule has 0 radical (unpaired) electrons. The van der Waals surface area contributed by atoms with Gasteiger partial charge in [-0.15, -0.1) is 12.9 Å². The van der Waals surface area contributed by atoms with Crippen LogP contribution in [0.1, 0.15) is 6.92 Å². The molecule has 0 aliphatic carbocycles. The highest BCUT2D eigenvalue weighted by molar-refractivity contribution is 7.79. The highest BCUT2D eigenvalue weighted by Gasteiger charge is 2.39. The van der Waals surface area contributed by atoms with E-state index in [9.17, 15) is 21.6 Å². The van der Waals surface area contributed by atoms with Crippen molar-refractivity contribution in [2.45, 2.75) is 6.92 Å². The van der Waals surface area contributed by atoms with Crippen LogP contribution < -0.4 is 0 Å². The lowest BCUT2D eigenvalue weighted by atomic mass is 10.9. The van der Waals surface area contributed by atoms with Gasteiger partial charge in [-0.3, -0.25) is 0 Å². The maximum Gasteiger partial charge on any atom is 0.423 e. The molecule has 1 aliphatic heterocycles. The minimum absolute atomic E-state index is 0.0440. The zero-order valence-electron chi connectivity index (χ0n) is 8.00. The van der Waals surface area contributed by atoms with E-state index in [0.29, 0.717) is 0 Å². The molecular formula is C4H8F4N3O2P3. The lowest BCUT2D eigenvalue weighted by Crippen LogP contribution is -1.89. The molecule has 0 saturated heterocycles. The third-order valence-corrected chi connectivity index (χ3v) is 8.19. The van der Waals surface area contributed by atoms with Crippen LogP contribution in [0.15, 0.2) is 13.5 Å². The van der Waals surface area contributed by atoms with E-state index in [1.807, 2.05) is 0 Å². The zero-order valence-corrected chi connectivity index (χ0v) is 10.7. The number of nitrogens with zero attached hydrogens (tertiary/aromatic N) is 3. The van der Waals surface area contributed by atoms with E-state index in [2.05, 4.69) is 18.1 Å². The minimum atomic E-state index is -5.42. The Hall–Kier alpha value is 0.0400. The number of carbonyl (C=O) groups is 1. The summed E-state index contributed by atoms with van der Waals surface area (Å²) in [6, 6.07) is 0. The summed E-state index contributed by atoms with van der Waals surface area (Å²) in [7, 11) is -14.6. The molecule has 0 aromatic heterocycles. The van der Waals surface area contributed by atoms with Gasteiger partial charge in [-0.05, 0) is 6.92 Å². The predicted molar refractivity (Wildman–Crippen MR) is 55.0 cm³/mol. The number of halogens is 4. The standard InChI is InChI=1S/C4H8F4N3O2P3/c1-2-13-16(8)10-14(5,4-3-12)9-15(6,7)11-16/h3H,2,4H2,1H3. The van der Waals surface area contributed by atoms with Gasteiger partial charge in [-0.2, -0.15) is 17.4 Å². The maximum atomic E-state index is 13.6. The van der Waals surface area contributed by atoms with E-state index in [1.165, 1.54) is 6.92 Å². The molecule has 2 unspecified atom stereocenters. The molecule has 0 spiro atoms. The summed E-state index contributed by atoms with van der Waals surface area (Å²) in [5.74, 6) is 0. The summed E-state index contributed by atoms with van der Waals surface area (Å²) in [5, 5.41) is 0. The van der Waals surface area contributed by atoms with Crippen molar-refractivity contribution in [3.8, 4) is 0 Å². The SMILES string of the molecule is CCOP1(F)=NP(F)(CC=O)=NP(F)(F)=N1. The van der Waals surface area contributed by atoms with Crippen LogP contribution in [0.25, 0.3) is 0 Å². The second-order valence-electron chi connectivity index (χ2n) is 2.61. The summed E-state index contributed by atoms with van der Waals surface area (Å²) >= 11 is 0. The number of hydrogen-bond acceptors (Lipinski definition) is 5. The summed E-state index contributed by atoms with van der Waals surface area (Å²) < 4.78 is 65.2. The Morgan fingerprint density at radius 3 is 2.31 bits per heavy atom. The molecule has 12 heteroatoms. The fraction of sp³-hybridized carbons (Fsp3) is 0.750. The van der Waals surface area contributed by atoms with Gasteiger partial charge in [-0.1, -0.05) is 0 Å². The number of hydrogen-bond donors (Lipinski definition) is 0. The Labute approximate surface area is 89.5 Å². The Morgan fingerprint density at radius 1 is 1.19 bits per heavy atom. The first-order valence-corrected chi connectivity index (χ1v) is 8.76. The summed E-state index contributed by atoms with van der Waals surface area (Å²) in [6.45, 7) is 1.07. The molecule has 0 N–H and O–H groups in total. The molecule has 0 amide bonds. The van der Waals surface area contributed by atoms with Crippen molar-refractivity contribution in [2.75, 3.05) is 12.8 Å². The van der Waals surface area contributed by atoms with Gasteiger partial charge in [0.05, 0.1) is 12.8 Å². The topological polar surface area (TPSA) is 63.4 Å². The minimum Gasteiger partial charge on any atom is -0.303 e. The van der Waals surface area contributed by atoms with Crippen LogP contribution in [0.5, 0.6) is 0 Å². The van der Waals surface area contributed by atoms with Crippen LogP contribution >= 0.6 is 23.1 Å². The zero-order chi connectivity index (χ0) is 12.4. The van der Waals surface area contributed by atoms with Gasteiger partial charge >= 0.3 is 15.6 Å². The van der Waals surface area contributed by atoms with Gasteiger partial charge in [-0.25, -0.2) is 0 Å². The molecular weight excluding hydrogens is 291 g/mol. The van der Waals surface area contributed by atoms with Gasteiger partial charge in [0.1, 0.15) is 6.29 Å². The molecule has 0 bridgehead atoms. The van der Waals surface area contributed by atoms with E-state index in [-0.39, 0.29) is 12.9 Å². The molecule has 16 heavy (non-hydrogen) atoms. The van der Waals surface area contributed by atoms with Crippen molar-refractivity contribution < 1.29 is 26.1 Å². The lowest BCUT2D eigenvalue weighted by Gasteiger charge is -2.18. The van der Waals surface area contributed by atoms with Gasteiger partial charge in [0.2, 0.25) is 0 Å². The normalized spacial score (nSPS) is 36.8. The molecule has 0 saturated carbocycles. The van der Waals surface area contributed by atoms with Gasteiger partial charge < -0.3 is 9.32 Å². The van der Waals surface area contributed by atoms with Crippen molar-refractivity contribution in [3.05, 3.63) is 0 Å². The van der Waals surface area contributed by atoms with Crippen molar-refractivity contribution in [2.24, 2.45) is 13.5 Å². The first kappa shape index (κ1) is 14.1. The average Bonchev–Trinajstić information content (AvgIpc) is 1.97. The summed E-state index contributed by atoms with van der Waals surface area (Å²) in [5.41, 5.74) is 0. The van der Waals surface area contributed by atoms with Gasteiger partial charge in [0.15, 0.2) is 0 Å². The van der Waals surface area contributed by atoms with Gasteiger partial charge in [0.25, 0.3) is 7.52 Å². The molecule has 0 aromatic rings. The Balaban J connectivity index is 3.36. The van der Waals surface area contributed by atoms with Crippen LogP contribution in [-0.2, 0) is 9.32 Å². The second kappa shape index (κ2) is 4.73. The smallest absolute Gasteiger partial charge is 0.303 e. The van der Waals surface area contributed by atoms with Crippen LogP contribution in [0, 0.1) is 0 Å². The van der Waals surface area contributed by atoms with Crippen LogP contribution in [0.3, 0.4) is 0 Å². The number of aldehydes is 1. The van der Waals surface area contributed by atoms with Crippen LogP contribution in [0.4, 0.5) is 16.8 Å². The first-order chi connectivity index (χ1) is 7.24. The lowest BCUT2D eigenvalue weighted by molar-refractivity contribution is -0.105. The van der Waals surface area contributed by atoms with E-state index >= 15 is 0 Å². The summed E-state index contributed by atoms with van der Waals surface area (Å²) in [6.07, 6.45) is -0.917. The largest absolute Gasteiger partial charge is 0.423 e. The molecule has 5 nitrogen and oxygen atoms in total. The average molecular weight is 299 g/mol. The van der Waals surface area contributed by atoms with E-state index < -0.39 is 29.2 Å². The van der Waals surface area contributed by atoms with Crippen molar-refractivity contribution in [1.82, 2.24) is 0 Å². The molecule has 0 fully saturated rings. The predicted octanol–water partition coefficient (Wildman–Crippen LogP) is 5.04. The first-order valence-electron chi connectivity index (χ1n) is 4.01. The third-order valence-electron chi connectivity index (χ3n) is 1.31. The Bertz CT molecular complexity index is 457. The molecule has 1 rings (SSSR count).